The van der Waals surface area contributed by atoms with Gasteiger partial charge in [-0.05, 0) is 11.6 Å². The van der Waals surface area contributed by atoms with E-state index in [1.807, 2.05) is 30.3 Å². The number of hydrogen-bond acceptors (Lipinski definition) is 4. The van der Waals surface area contributed by atoms with Crippen molar-refractivity contribution >= 4 is 11.7 Å². The maximum atomic E-state index is 11.3. The number of hydrogen-bond donors (Lipinski definition) is 1. The van der Waals surface area contributed by atoms with E-state index in [-0.39, 0.29) is 5.97 Å². The first-order valence-electron chi connectivity index (χ1n) is 5.61. The average Bonchev–Trinajstić information content (AvgIpc) is 2.45. The predicted molar refractivity (Wildman–Crippen MR) is 69.3 cm³/mol. The number of aromatic nitrogens is 1. The van der Waals surface area contributed by atoms with Gasteiger partial charge in [0.2, 0.25) is 0 Å². The number of methoxy groups -OCH3 is 1. The van der Waals surface area contributed by atoms with E-state index >= 15 is 0 Å². The van der Waals surface area contributed by atoms with Gasteiger partial charge in [-0.3, -0.25) is 4.98 Å². The number of nitrogens with one attached hydrogen (secondary N) is 1. The molecule has 0 fully saturated rings. The summed E-state index contributed by atoms with van der Waals surface area (Å²) in [5.41, 5.74) is 2.40. The third-order valence-corrected chi connectivity index (χ3v) is 2.50. The third-order valence-electron chi connectivity index (χ3n) is 2.50. The Balaban J connectivity index is 2.04. The molecule has 0 radical (unpaired) electrons. The first-order chi connectivity index (χ1) is 8.79. The lowest BCUT2D eigenvalue weighted by Gasteiger charge is -2.07. The molecule has 0 saturated heterocycles. The Hall–Kier alpha value is -2.36. The SMILES string of the molecule is COC(=O)c1cncc(NCc2ccccc2)c1. The van der Waals surface area contributed by atoms with E-state index in [1.165, 1.54) is 18.9 Å². The Labute approximate surface area is 106 Å². The summed E-state index contributed by atoms with van der Waals surface area (Å²) in [7, 11) is 1.35. The number of pyridine rings is 1. The topological polar surface area (TPSA) is 51.2 Å². The summed E-state index contributed by atoms with van der Waals surface area (Å²) in [6, 6.07) is 11.7. The zero-order valence-electron chi connectivity index (χ0n) is 10.1. The van der Waals surface area contributed by atoms with Gasteiger partial charge in [0.25, 0.3) is 0 Å². The second-order valence-corrected chi connectivity index (χ2v) is 3.79. The Morgan fingerprint density at radius 3 is 2.78 bits per heavy atom. The molecule has 1 aromatic carbocycles. The van der Waals surface area contributed by atoms with Crippen LogP contribution in [0.1, 0.15) is 15.9 Å². The molecule has 0 aliphatic carbocycles. The monoisotopic (exact) mass is 242 g/mol. The molecule has 4 nitrogen and oxygen atoms in total. The Morgan fingerprint density at radius 1 is 1.28 bits per heavy atom. The van der Waals surface area contributed by atoms with Crippen LogP contribution in [0.3, 0.4) is 0 Å². The molecule has 18 heavy (non-hydrogen) atoms. The molecule has 0 spiro atoms. The maximum Gasteiger partial charge on any atom is 0.339 e. The van der Waals surface area contributed by atoms with E-state index in [1.54, 1.807) is 12.3 Å². The van der Waals surface area contributed by atoms with Crippen LogP contribution >= 0.6 is 0 Å². The number of rotatable bonds is 4. The van der Waals surface area contributed by atoms with Crippen LogP contribution in [-0.2, 0) is 11.3 Å². The first kappa shape index (κ1) is 12.1. The van der Waals surface area contributed by atoms with Crippen molar-refractivity contribution in [3.63, 3.8) is 0 Å². The molecule has 4 heteroatoms. The second-order valence-electron chi connectivity index (χ2n) is 3.79. The molecule has 2 rings (SSSR count). The van der Waals surface area contributed by atoms with Gasteiger partial charge < -0.3 is 10.1 Å². The number of benzene rings is 1. The fourth-order valence-corrected chi connectivity index (χ4v) is 1.57. The summed E-state index contributed by atoms with van der Waals surface area (Å²) in [5.74, 6) is -0.383. The maximum absolute atomic E-state index is 11.3. The smallest absolute Gasteiger partial charge is 0.339 e. The number of ether oxygens (including phenoxy) is 1. The summed E-state index contributed by atoms with van der Waals surface area (Å²) in [5, 5.41) is 3.21. The van der Waals surface area contributed by atoms with Gasteiger partial charge in [-0.15, -0.1) is 0 Å². The molecule has 1 heterocycles. The molecular weight excluding hydrogens is 228 g/mol. The van der Waals surface area contributed by atoms with Gasteiger partial charge in [-0.1, -0.05) is 30.3 Å². The van der Waals surface area contributed by atoms with Crippen LogP contribution < -0.4 is 5.32 Å². The highest BCUT2D eigenvalue weighted by Gasteiger charge is 2.06. The predicted octanol–water partition coefficient (Wildman–Crippen LogP) is 2.48. The molecule has 2 aromatic rings. The van der Waals surface area contributed by atoms with E-state index in [4.69, 9.17) is 0 Å². The number of anilines is 1. The van der Waals surface area contributed by atoms with E-state index in [2.05, 4.69) is 15.0 Å². The molecule has 1 N–H and O–H groups in total. The molecule has 92 valence electrons. The van der Waals surface area contributed by atoms with Crippen molar-refractivity contribution in [2.45, 2.75) is 6.54 Å². The molecule has 0 saturated carbocycles. The Bertz CT molecular complexity index is 526. The Kier molecular flexibility index (Phi) is 3.91. The first-order valence-corrected chi connectivity index (χ1v) is 5.61. The summed E-state index contributed by atoms with van der Waals surface area (Å²) in [6.07, 6.45) is 3.16. The van der Waals surface area contributed by atoms with Crippen LogP contribution in [0.25, 0.3) is 0 Å². The van der Waals surface area contributed by atoms with Crippen molar-refractivity contribution in [2.24, 2.45) is 0 Å². The Morgan fingerprint density at radius 2 is 2.06 bits per heavy atom. The summed E-state index contributed by atoms with van der Waals surface area (Å²) < 4.78 is 4.65. The van der Waals surface area contributed by atoms with Crippen molar-refractivity contribution < 1.29 is 9.53 Å². The minimum atomic E-state index is -0.383. The quantitative estimate of drug-likeness (QED) is 0.837. The molecule has 0 aliphatic heterocycles. The lowest BCUT2D eigenvalue weighted by Crippen LogP contribution is -2.04. The number of esters is 1. The summed E-state index contributed by atoms with van der Waals surface area (Å²) >= 11 is 0. The third kappa shape index (κ3) is 3.07. The minimum absolute atomic E-state index is 0.383. The van der Waals surface area contributed by atoms with Gasteiger partial charge in [0.1, 0.15) is 0 Å². The van der Waals surface area contributed by atoms with E-state index in [0.29, 0.717) is 12.1 Å². The largest absolute Gasteiger partial charge is 0.465 e. The van der Waals surface area contributed by atoms with Crippen LogP contribution in [0.4, 0.5) is 5.69 Å². The van der Waals surface area contributed by atoms with E-state index in [9.17, 15) is 4.79 Å². The van der Waals surface area contributed by atoms with Crippen LogP contribution in [0.2, 0.25) is 0 Å². The van der Waals surface area contributed by atoms with Crippen molar-refractivity contribution in [1.82, 2.24) is 4.98 Å². The summed E-state index contributed by atoms with van der Waals surface area (Å²) in [4.78, 5) is 15.4. The van der Waals surface area contributed by atoms with E-state index in [0.717, 1.165) is 5.69 Å². The highest BCUT2D eigenvalue weighted by Crippen LogP contribution is 2.11. The number of nitrogens with zero attached hydrogens (tertiary/aromatic N) is 1. The van der Waals surface area contributed by atoms with Crippen LogP contribution in [0.5, 0.6) is 0 Å². The average molecular weight is 242 g/mol. The molecule has 0 unspecified atom stereocenters. The highest BCUT2D eigenvalue weighted by molar-refractivity contribution is 5.89. The van der Waals surface area contributed by atoms with Gasteiger partial charge in [0.05, 0.1) is 18.4 Å². The normalized spacial score (nSPS) is 9.83. The van der Waals surface area contributed by atoms with Crippen molar-refractivity contribution in [3.05, 3.63) is 59.9 Å². The van der Waals surface area contributed by atoms with Crippen LogP contribution in [0, 0.1) is 0 Å². The molecule has 0 bridgehead atoms. The number of carbonyl (C=O) groups excluding carboxylic acids is 1. The fourth-order valence-electron chi connectivity index (χ4n) is 1.57. The lowest BCUT2D eigenvalue weighted by atomic mass is 10.2. The van der Waals surface area contributed by atoms with Gasteiger partial charge in [0, 0.05) is 18.9 Å². The van der Waals surface area contributed by atoms with Gasteiger partial charge in [0.15, 0.2) is 0 Å². The fraction of sp³-hybridized carbons (Fsp3) is 0.143. The molecule has 1 aromatic heterocycles. The van der Waals surface area contributed by atoms with Gasteiger partial charge in [-0.2, -0.15) is 0 Å². The highest BCUT2D eigenvalue weighted by atomic mass is 16.5. The van der Waals surface area contributed by atoms with Gasteiger partial charge in [-0.25, -0.2) is 4.79 Å². The second kappa shape index (κ2) is 5.82. The van der Waals surface area contributed by atoms with Crippen molar-refractivity contribution in [2.75, 3.05) is 12.4 Å². The standard InChI is InChI=1S/C14H14N2O2/c1-18-14(17)12-7-13(10-15-9-12)16-8-11-5-3-2-4-6-11/h2-7,9-10,16H,8H2,1H3. The molecule has 0 atom stereocenters. The summed E-state index contributed by atoms with van der Waals surface area (Å²) in [6.45, 7) is 0.688. The molecular formula is C14H14N2O2. The lowest BCUT2D eigenvalue weighted by molar-refractivity contribution is 0.0600. The van der Waals surface area contributed by atoms with E-state index < -0.39 is 0 Å². The minimum Gasteiger partial charge on any atom is -0.465 e. The van der Waals surface area contributed by atoms with Crippen molar-refractivity contribution in [1.29, 1.82) is 0 Å². The molecule has 0 aliphatic rings. The van der Waals surface area contributed by atoms with Crippen molar-refractivity contribution in [3.8, 4) is 0 Å². The zero-order valence-corrected chi connectivity index (χ0v) is 10.1. The van der Waals surface area contributed by atoms with Gasteiger partial charge >= 0.3 is 5.97 Å². The molecule has 0 amide bonds. The van der Waals surface area contributed by atoms with Crippen LogP contribution in [-0.4, -0.2) is 18.1 Å². The number of carbonyl (C=O) groups is 1. The van der Waals surface area contributed by atoms with Crippen LogP contribution in [0.15, 0.2) is 48.8 Å². The zero-order chi connectivity index (χ0) is 12.8.